The van der Waals surface area contributed by atoms with E-state index in [0.29, 0.717) is 0 Å². The van der Waals surface area contributed by atoms with E-state index in [1.54, 1.807) is 12.1 Å². The minimum absolute atomic E-state index is 0.0548. The van der Waals surface area contributed by atoms with Gasteiger partial charge < -0.3 is 20.1 Å². The number of ketones is 2. The lowest BCUT2D eigenvalue weighted by atomic mass is 9.73. The van der Waals surface area contributed by atoms with Crippen molar-refractivity contribution in [2.75, 3.05) is 0 Å². The van der Waals surface area contributed by atoms with E-state index in [0.717, 1.165) is 0 Å². The van der Waals surface area contributed by atoms with Gasteiger partial charge in [-0.25, -0.2) is 0 Å². The Morgan fingerprint density at radius 3 is 2.03 bits per heavy atom. The van der Waals surface area contributed by atoms with Gasteiger partial charge in [0.05, 0.1) is 22.8 Å². The molecule has 34 heavy (non-hydrogen) atoms. The third-order valence-electron chi connectivity index (χ3n) is 5.94. The molecule has 0 fully saturated rings. The Hall–Kier alpha value is -2.92. The lowest BCUT2D eigenvalue weighted by Gasteiger charge is -2.39. The number of carbonyl (C=O) groups is 2. The molecule has 3 N–H and O–H groups in total. The zero-order valence-electron chi connectivity index (χ0n) is 20.4. The average molecular weight is 479 g/mol. The first kappa shape index (κ1) is 24.2. The zero-order chi connectivity index (χ0) is 25.2. The lowest BCUT2D eigenvalue weighted by Crippen LogP contribution is -2.40. The molecule has 0 aromatic heterocycles. The first-order valence-corrected chi connectivity index (χ1v) is 14.9. The largest absolute Gasteiger partial charge is 0.507 e. The van der Waals surface area contributed by atoms with Crippen LogP contribution in [0.15, 0.2) is 24.3 Å². The Morgan fingerprint density at radius 2 is 1.53 bits per heavy atom. The van der Waals surface area contributed by atoms with Crippen LogP contribution in [0.5, 0.6) is 11.5 Å². The monoisotopic (exact) mass is 478 g/mol. The van der Waals surface area contributed by atoms with E-state index in [4.69, 9.17) is 4.74 Å². The van der Waals surface area contributed by atoms with Crippen LogP contribution >= 0.6 is 0 Å². The Morgan fingerprint density at radius 1 is 1.00 bits per heavy atom. The first-order valence-electron chi connectivity index (χ1n) is 11.4. The molecule has 0 bridgehead atoms. The Bertz CT molecular complexity index is 1290. The molecule has 2 aromatic rings. The maximum Gasteiger partial charge on any atom is 0.198 e. The van der Waals surface area contributed by atoms with Crippen LogP contribution in [0, 0.1) is 11.5 Å². The summed E-state index contributed by atoms with van der Waals surface area (Å²) < 4.78 is 6.21. The smallest absolute Gasteiger partial charge is 0.198 e. The molecule has 2 aliphatic carbocycles. The van der Waals surface area contributed by atoms with Crippen molar-refractivity contribution in [2.45, 2.75) is 70.6 Å². The molecule has 6 nitrogen and oxygen atoms in total. The SMILES string of the molecule is CC(C)(C)O[C@@H]1C[C@](O)(C#C[Si](C)(C)C)Cc2c(O)c3c(c(O)c21)C(=O)c1ccccc1C3=O. The molecule has 2 aromatic carbocycles. The summed E-state index contributed by atoms with van der Waals surface area (Å²) in [5, 5.41) is 34.1. The minimum atomic E-state index is -1.83. The van der Waals surface area contributed by atoms with Crippen LogP contribution in [0.1, 0.15) is 76.3 Å². The average Bonchev–Trinajstić information content (AvgIpc) is 2.71. The molecule has 0 spiro atoms. The number of phenolic OH excluding ortho intramolecular Hbond substituents is 2. The van der Waals surface area contributed by atoms with Crippen LogP contribution in [0.2, 0.25) is 19.6 Å². The first-order chi connectivity index (χ1) is 15.6. The van der Waals surface area contributed by atoms with Crippen molar-refractivity contribution in [2.24, 2.45) is 0 Å². The summed E-state index contributed by atoms with van der Waals surface area (Å²) in [5.74, 6) is 1.13. The van der Waals surface area contributed by atoms with E-state index in [2.05, 4.69) is 31.1 Å². The number of phenols is 2. The molecule has 178 valence electrons. The minimum Gasteiger partial charge on any atom is -0.507 e. The van der Waals surface area contributed by atoms with Crippen LogP contribution in [0.25, 0.3) is 0 Å². The van der Waals surface area contributed by atoms with Gasteiger partial charge in [0.15, 0.2) is 11.6 Å². The molecule has 7 heteroatoms. The summed E-state index contributed by atoms with van der Waals surface area (Å²) >= 11 is 0. The number of fused-ring (bicyclic) bond motifs is 3. The van der Waals surface area contributed by atoms with Gasteiger partial charge in [0.25, 0.3) is 0 Å². The number of rotatable bonds is 1. The van der Waals surface area contributed by atoms with Crippen molar-refractivity contribution in [1.82, 2.24) is 0 Å². The van der Waals surface area contributed by atoms with E-state index in [-0.39, 0.29) is 52.0 Å². The van der Waals surface area contributed by atoms with E-state index in [1.165, 1.54) is 12.1 Å². The van der Waals surface area contributed by atoms with E-state index in [1.807, 2.05) is 20.8 Å². The summed E-state index contributed by atoms with van der Waals surface area (Å²) in [4.78, 5) is 26.6. The van der Waals surface area contributed by atoms with Gasteiger partial charge in [-0.15, -0.1) is 5.54 Å². The quantitative estimate of drug-likeness (QED) is 0.274. The van der Waals surface area contributed by atoms with E-state index >= 15 is 0 Å². The molecule has 2 aliphatic rings. The van der Waals surface area contributed by atoms with Gasteiger partial charge in [0, 0.05) is 35.1 Å². The molecular weight excluding hydrogens is 448 g/mol. The Labute approximate surface area is 200 Å². The molecule has 0 saturated carbocycles. The molecular formula is C27H30O6Si. The Kier molecular flexibility index (Phi) is 5.56. The van der Waals surface area contributed by atoms with Crippen molar-refractivity contribution < 1.29 is 29.6 Å². The second-order valence-corrected chi connectivity index (χ2v) is 15.9. The van der Waals surface area contributed by atoms with Crippen molar-refractivity contribution in [3.63, 3.8) is 0 Å². The van der Waals surface area contributed by atoms with Crippen LogP contribution in [0.4, 0.5) is 0 Å². The maximum atomic E-state index is 13.3. The normalized spacial score (nSPS) is 21.8. The fourth-order valence-electron chi connectivity index (χ4n) is 4.61. The highest BCUT2D eigenvalue weighted by atomic mass is 28.3. The molecule has 0 heterocycles. The molecule has 0 aliphatic heterocycles. The summed E-state index contributed by atoms with van der Waals surface area (Å²) in [6.45, 7) is 11.7. The third-order valence-corrected chi connectivity index (χ3v) is 6.82. The summed E-state index contributed by atoms with van der Waals surface area (Å²) in [6, 6.07) is 6.34. The highest BCUT2D eigenvalue weighted by Gasteiger charge is 2.46. The van der Waals surface area contributed by atoms with Gasteiger partial charge in [-0.05, 0) is 20.8 Å². The lowest BCUT2D eigenvalue weighted by molar-refractivity contribution is -0.0956. The van der Waals surface area contributed by atoms with Crippen LogP contribution in [-0.2, 0) is 11.2 Å². The van der Waals surface area contributed by atoms with Gasteiger partial charge >= 0.3 is 0 Å². The third kappa shape index (κ3) is 4.18. The Balaban J connectivity index is 1.98. The van der Waals surface area contributed by atoms with Crippen LogP contribution < -0.4 is 0 Å². The number of aromatic hydroxyl groups is 2. The molecule has 0 amide bonds. The highest BCUT2D eigenvalue weighted by molar-refractivity contribution is 6.83. The maximum absolute atomic E-state index is 13.3. The summed E-state index contributed by atoms with van der Waals surface area (Å²) in [5.41, 5.74) is 1.30. The van der Waals surface area contributed by atoms with E-state index < -0.39 is 42.7 Å². The van der Waals surface area contributed by atoms with Crippen molar-refractivity contribution in [3.05, 3.63) is 57.6 Å². The number of benzene rings is 2. The van der Waals surface area contributed by atoms with Crippen LogP contribution in [-0.4, -0.2) is 46.2 Å². The van der Waals surface area contributed by atoms with Crippen molar-refractivity contribution >= 4 is 19.6 Å². The highest BCUT2D eigenvalue weighted by Crippen LogP contribution is 2.51. The number of hydrogen-bond acceptors (Lipinski definition) is 6. The van der Waals surface area contributed by atoms with Gasteiger partial charge in [-0.1, -0.05) is 49.8 Å². The van der Waals surface area contributed by atoms with Gasteiger partial charge in [-0.2, -0.15) is 0 Å². The molecule has 2 atom stereocenters. The molecule has 0 saturated heterocycles. The predicted molar refractivity (Wildman–Crippen MR) is 131 cm³/mol. The van der Waals surface area contributed by atoms with Crippen molar-refractivity contribution in [1.29, 1.82) is 0 Å². The standard InChI is InChI=1S/C27H30O6Si/c1-26(2,3)33-18-14-27(32,11-12-34(4,5)6)13-17-19(18)25(31)21-20(24(17)30)22(28)15-9-7-8-10-16(15)23(21)29/h7-10,18,30-32H,13-14H2,1-6H3/t18-,27+/m1/s1. The topological polar surface area (TPSA) is 104 Å². The number of carbonyl (C=O) groups excluding carboxylic acids is 2. The van der Waals surface area contributed by atoms with Crippen LogP contribution in [0.3, 0.4) is 0 Å². The molecule has 0 radical (unpaired) electrons. The second-order valence-electron chi connectivity index (χ2n) is 11.2. The van der Waals surface area contributed by atoms with E-state index in [9.17, 15) is 24.9 Å². The summed E-state index contributed by atoms with van der Waals surface area (Å²) in [6.07, 6.45) is -0.889. The number of aliphatic hydroxyl groups is 1. The fraction of sp³-hybridized carbons (Fsp3) is 0.407. The summed E-state index contributed by atoms with van der Waals surface area (Å²) in [7, 11) is -1.83. The number of hydrogen-bond donors (Lipinski definition) is 3. The zero-order valence-corrected chi connectivity index (χ0v) is 21.4. The number of ether oxygens (including phenoxy) is 1. The van der Waals surface area contributed by atoms with Gasteiger partial charge in [0.2, 0.25) is 0 Å². The second kappa shape index (κ2) is 7.81. The fourth-order valence-corrected chi connectivity index (χ4v) is 5.22. The molecule has 4 rings (SSSR count). The predicted octanol–water partition coefficient (Wildman–Crippen LogP) is 4.29. The van der Waals surface area contributed by atoms with Gasteiger partial charge in [-0.3, -0.25) is 9.59 Å². The van der Waals surface area contributed by atoms with Gasteiger partial charge in [0.1, 0.15) is 25.2 Å². The van der Waals surface area contributed by atoms with Crippen molar-refractivity contribution in [3.8, 4) is 23.0 Å². The molecule has 0 unspecified atom stereocenters.